The molecular formula is C15H20N2O2S2. The summed E-state index contributed by atoms with van der Waals surface area (Å²) in [6, 6.07) is 5.49. The van der Waals surface area contributed by atoms with Gasteiger partial charge in [0.2, 0.25) is 10.0 Å². The lowest BCUT2D eigenvalue weighted by atomic mass is 10.1. The Labute approximate surface area is 130 Å². The predicted molar refractivity (Wildman–Crippen MR) is 88.0 cm³/mol. The number of thiophene rings is 1. The molecule has 4 nitrogen and oxygen atoms in total. The average molecular weight is 324 g/mol. The van der Waals surface area contributed by atoms with Gasteiger partial charge in [0, 0.05) is 12.2 Å². The topological polar surface area (TPSA) is 72.2 Å². The monoisotopic (exact) mass is 324 g/mol. The predicted octanol–water partition coefficient (Wildman–Crippen LogP) is 2.93. The van der Waals surface area contributed by atoms with E-state index < -0.39 is 10.0 Å². The third-order valence-electron chi connectivity index (χ3n) is 3.40. The molecule has 0 aliphatic carbocycles. The maximum Gasteiger partial charge on any atom is 0.241 e. The molecule has 0 unspecified atom stereocenters. The van der Waals surface area contributed by atoms with Crippen LogP contribution in [0.1, 0.15) is 30.5 Å². The highest BCUT2D eigenvalue weighted by Crippen LogP contribution is 2.25. The summed E-state index contributed by atoms with van der Waals surface area (Å²) in [4.78, 5) is 0.303. The van der Waals surface area contributed by atoms with Crippen LogP contribution in [0.3, 0.4) is 0 Å². The smallest absolute Gasteiger partial charge is 0.241 e. The van der Waals surface area contributed by atoms with Crippen molar-refractivity contribution in [2.24, 2.45) is 0 Å². The number of benzene rings is 1. The van der Waals surface area contributed by atoms with E-state index in [1.807, 2.05) is 36.7 Å². The fraction of sp³-hybridized carbons (Fsp3) is 0.333. The molecule has 1 heterocycles. The normalized spacial score (nSPS) is 11.7. The number of rotatable bonds is 6. The van der Waals surface area contributed by atoms with Crippen molar-refractivity contribution >= 4 is 27.0 Å². The summed E-state index contributed by atoms with van der Waals surface area (Å²) in [6.45, 7) is 4.19. The Morgan fingerprint density at radius 3 is 2.52 bits per heavy atom. The first kappa shape index (κ1) is 16.0. The van der Waals surface area contributed by atoms with Crippen LogP contribution in [0, 0.1) is 0 Å². The molecule has 0 aliphatic heterocycles. The maximum atomic E-state index is 12.6. The molecule has 0 aliphatic rings. The van der Waals surface area contributed by atoms with Gasteiger partial charge in [-0.25, -0.2) is 13.1 Å². The van der Waals surface area contributed by atoms with Gasteiger partial charge in [-0.05, 0) is 58.5 Å². The van der Waals surface area contributed by atoms with Gasteiger partial charge < -0.3 is 5.73 Å². The first-order valence-electron chi connectivity index (χ1n) is 6.90. The number of nitrogens with two attached hydrogens (primary N) is 1. The molecule has 0 bridgehead atoms. The van der Waals surface area contributed by atoms with E-state index in [-0.39, 0.29) is 0 Å². The van der Waals surface area contributed by atoms with Gasteiger partial charge in [-0.1, -0.05) is 13.8 Å². The first-order valence-corrected chi connectivity index (χ1v) is 9.32. The van der Waals surface area contributed by atoms with Gasteiger partial charge in [0.05, 0.1) is 4.90 Å². The lowest BCUT2D eigenvalue weighted by Gasteiger charge is -2.14. The Morgan fingerprint density at radius 1 is 1.19 bits per heavy atom. The van der Waals surface area contributed by atoms with Crippen molar-refractivity contribution in [3.05, 3.63) is 45.6 Å². The van der Waals surface area contributed by atoms with Crippen LogP contribution < -0.4 is 10.5 Å². The van der Waals surface area contributed by atoms with E-state index in [1.54, 1.807) is 17.4 Å². The molecule has 0 saturated heterocycles. The Balaban J connectivity index is 2.36. The van der Waals surface area contributed by atoms with Gasteiger partial charge >= 0.3 is 0 Å². The molecular weight excluding hydrogens is 304 g/mol. The number of aryl methyl sites for hydroxylation is 1. The van der Waals surface area contributed by atoms with E-state index in [4.69, 9.17) is 5.73 Å². The largest absolute Gasteiger partial charge is 0.398 e. The highest BCUT2D eigenvalue weighted by atomic mass is 32.2. The van der Waals surface area contributed by atoms with E-state index >= 15 is 0 Å². The summed E-state index contributed by atoms with van der Waals surface area (Å²) >= 11 is 1.55. The number of anilines is 1. The van der Waals surface area contributed by atoms with E-state index in [0.717, 1.165) is 17.5 Å². The van der Waals surface area contributed by atoms with Crippen LogP contribution in [0.25, 0.3) is 0 Å². The van der Waals surface area contributed by atoms with Crippen molar-refractivity contribution in [3.8, 4) is 0 Å². The van der Waals surface area contributed by atoms with E-state index in [1.165, 1.54) is 0 Å². The maximum absolute atomic E-state index is 12.6. The fourth-order valence-corrected chi connectivity index (χ4v) is 4.27. The third kappa shape index (κ3) is 3.64. The first-order chi connectivity index (χ1) is 9.97. The van der Waals surface area contributed by atoms with Gasteiger partial charge in [-0.3, -0.25) is 0 Å². The summed E-state index contributed by atoms with van der Waals surface area (Å²) in [7, 11) is -3.56. The summed E-state index contributed by atoms with van der Waals surface area (Å²) in [5.41, 5.74) is 9.13. The average Bonchev–Trinajstić information content (AvgIpc) is 2.97. The standard InChI is InChI=1S/C15H20N2O2S2/c1-3-11-7-14(16)13(4-2)15(8-11)21(18,19)17-9-12-5-6-20-10-12/h5-8,10,17H,3-4,9,16H2,1-2H3. The lowest BCUT2D eigenvalue weighted by molar-refractivity contribution is 0.580. The van der Waals surface area contributed by atoms with Gasteiger partial charge in [0.1, 0.15) is 0 Å². The zero-order valence-electron chi connectivity index (χ0n) is 12.2. The van der Waals surface area contributed by atoms with Crippen molar-refractivity contribution in [1.29, 1.82) is 0 Å². The number of hydrogen-bond acceptors (Lipinski definition) is 4. The molecule has 1 aromatic heterocycles. The zero-order chi connectivity index (χ0) is 15.5. The molecule has 1 aromatic carbocycles. The van der Waals surface area contributed by atoms with Crippen LogP contribution in [0.5, 0.6) is 0 Å². The molecule has 2 rings (SSSR count). The second kappa shape index (κ2) is 6.60. The van der Waals surface area contributed by atoms with Crippen LogP contribution in [0.2, 0.25) is 0 Å². The fourth-order valence-electron chi connectivity index (χ4n) is 2.20. The van der Waals surface area contributed by atoms with E-state index in [2.05, 4.69) is 4.72 Å². The minimum absolute atomic E-state index is 0.297. The van der Waals surface area contributed by atoms with Crippen molar-refractivity contribution in [2.75, 3.05) is 5.73 Å². The van der Waals surface area contributed by atoms with Crippen LogP contribution >= 0.6 is 11.3 Å². The minimum Gasteiger partial charge on any atom is -0.398 e. The molecule has 114 valence electrons. The van der Waals surface area contributed by atoms with Gasteiger partial charge in [-0.2, -0.15) is 11.3 Å². The highest BCUT2D eigenvalue weighted by molar-refractivity contribution is 7.89. The van der Waals surface area contributed by atoms with Crippen molar-refractivity contribution in [2.45, 2.75) is 38.1 Å². The number of hydrogen-bond donors (Lipinski definition) is 2. The van der Waals surface area contributed by atoms with Crippen LogP contribution in [-0.2, 0) is 29.4 Å². The number of nitrogen functional groups attached to an aromatic ring is 1. The van der Waals surface area contributed by atoms with Crippen LogP contribution in [0.4, 0.5) is 5.69 Å². The van der Waals surface area contributed by atoms with E-state index in [9.17, 15) is 8.42 Å². The SMILES string of the molecule is CCc1cc(N)c(CC)c(S(=O)(=O)NCc2ccsc2)c1. The molecule has 0 amide bonds. The second-order valence-corrected chi connectivity index (χ2v) is 7.34. The van der Waals surface area contributed by atoms with Crippen molar-refractivity contribution in [3.63, 3.8) is 0 Å². The van der Waals surface area contributed by atoms with Crippen molar-refractivity contribution in [1.82, 2.24) is 4.72 Å². The highest BCUT2D eigenvalue weighted by Gasteiger charge is 2.20. The van der Waals surface area contributed by atoms with E-state index in [0.29, 0.717) is 29.1 Å². The Morgan fingerprint density at radius 2 is 1.95 bits per heavy atom. The second-order valence-electron chi connectivity index (χ2n) is 4.82. The molecule has 0 spiro atoms. The third-order valence-corrected chi connectivity index (χ3v) is 5.60. The molecule has 0 atom stereocenters. The summed E-state index contributed by atoms with van der Waals surface area (Å²) in [5.74, 6) is 0. The van der Waals surface area contributed by atoms with Gasteiger partial charge in [0.15, 0.2) is 0 Å². The quantitative estimate of drug-likeness (QED) is 0.803. The lowest BCUT2D eigenvalue weighted by Crippen LogP contribution is -2.24. The molecule has 0 fully saturated rings. The van der Waals surface area contributed by atoms with Crippen LogP contribution in [0.15, 0.2) is 33.9 Å². The molecule has 3 N–H and O–H groups in total. The number of sulfonamides is 1. The Bertz CT molecular complexity index is 708. The molecule has 0 radical (unpaired) electrons. The molecule has 0 saturated carbocycles. The zero-order valence-corrected chi connectivity index (χ0v) is 13.9. The summed E-state index contributed by atoms with van der Waals surface area (Å²) in [5, 5.41) is 3.86. The molecule has 2 aromatic rings. The Hall–Kier alpha value is -1.37. The number of nitrogens with one attached hydrogen (secondary N) is 1. The van der Waals surface area contributed by atoms with Gasteiger partial charge in [0.25, 0.3) is 0 Å². The summed E-state index contributed by atoms with van der Waals surface area (Å²) in [6.07, 6.45) is 1.34. The van der Waals surface area contributed by atoms with Gasteiger partial charge in [-0.15, -0.1) is 0 Å². The minimum atomic E-state index is -3.56. The molecule has 21 heavy (non-hydrogen) atoms. The van der Waals surface area contributed by atoms with Crippen molar-refractivity contribution < 1.29 is 8.42 Å². The molecule has 6 heteroatoms. The van der Waals surface area contributed by atoms with Crippen LogP contribution in [-0.4, -0.2) is 8.42 Å². The summed E-state index contributed by atoms with van der Waals surface area (Å²) < 4.78 is 27.8. The Kier molecular flexibility index (Phi) is 5.03.